The molecule has 0 fully saturated rings. The average Bonchev–Trinajstić information content (AvgIpc) is 2.21. The van der Waals surface area contributed by atoms with E-state index in [0.717, 1.165) is 6.54 Å². The van der Waals surface area contributed by atoms with Gasteiger partial charge in [-0.2, -0.15) is 0 Å². The Morgan fingerprint density at radius 2 is 2.14 bits per heavy atom. The van der Waals surface area contributed by atoms with Gasteiger partial charge in [-0.25, -0.2) is 0 Å². The van der Waals surface area contributed by atoms with Crippen LogP contribution in [0.4, 0.5) is 0 Å². The zero-order valence-corrected chi connectivity index (χ0v) is 9.78. The van der Waals surface area contributed by atoms with E-state index in [1.54, 1.807) is 11.8 Å². The van der Waals surface area contributed by atoms with Crippen molar-refractivity contribution in [2.45, 2.75) is 45.4 Å². The second kappa shape index (κ2) is 6.93. The Kier molecular flexibility index (Phi) is 5.76. The van der Waals surface area contributed by atoms with Crippen LogP contribution in [0.15, 0.2) is 16.0 Å². The minimum atomic E-state index is 0.708. The lowest BCUT2D eigenvalue weighted by Gasteiger charge is -2.09. The van der Waals surface area contributed by atoms with Gasteiger partial charge in [-0.15, -0.1) is 0 Å². The van der Waals surface area contributed by atoms with Crippen LogP contribution in [0.5, 0.6) is 0 Å². The van der Waals surface area contributed by atoms with Crippen LogP contribution in [-0.4, -0.2) is 11.7 Å². The lowest BCUT2D eigenvalue weighted by Crippen LogP contribution is -2.10. The third-order valence-corrected chi connectivity index (χ3v) is 3.21. The summed E-state index contributed by atoms with van der Waals surface area (Å²) in [5, 5.41) is 2.88. The van der Waals surface area contributed by atoms with Gasteiger partial charge >= 0.3 is 0 Å². The quantitative estimate of drug-likeness (QED) is 0.686. The van der Waals surface area contributed by atoms with Crippen LogP contribution in [0.25, 0.3) is 0 Å². The molecule has 0 radical (unpaired) electrons. The molecule has 0 saturated heterocycles. The van der Waals surface area contributed by atoms with E-state index in [4.69, 9.17) is 5.73 Å². The van der Waals surface area contributed by atoms with Gasteiger partial charge in [0.15, 0.2) is 5.17 Å². The topological polar surface area (TPSA) is 38.4 Å². The van der Waals surface area contributed by atoms with E-state index >= 15 is 0 Å². The fourth-order valence-corrected chi connectivity index (χ4v) is 2.11. The molecule has 0 aromatic carbocycles. The molecule has 80 valence electrons. The molecule has 0 saturated carbocycles. The van der Waals surface area contributed by atoms with E-state index in [-0.39, 0.29) is 0 Å². The summed E-state index contributed by atoms with van der Waals surface area (Å²) in [7, 11) is 0. The molecule has 14 heavy (non-hydrogen) atoms. The highest BCUT2D eigenvalue weighted by molar-refractivity contribution is 8.16. The first-order valence-corrected chi connectivity index (χ1v) is 6.35. The number of rotatable bonds is 6. The van der Waals surface area contributed by atoms with Crippen LogP contribution in [0, 0.1) is 0 Å². The highest BCUT2D eigenvalue weighted by Gasteiger charge is 2.03. The first kappa shape index (κ1) is 11.6. The Bertz CT molecular complexity index is 221. The standard InChI is InChI=1S/C11H20N2S/c1-2-3-4-5-6-7-10-8-13-11(12)14-9-10/h9H,2-8H2,1H3,(H2,12,13). The number of nitrogens with two attached hydrogens (primary N) is 1. The van der Waals surface area contributed by atoms with Gasteiger partial charge in [0.1, 0.15) is 0 Å². The first-order chi connectivity index (χ1) is 6.83. The normalized spacial score (nSPS) is 16.4. The van der Waals surface area contributed by atoms with Gasteiger partial charge in [-0.1, -0.05) is 44.4 Å². The lowest BCUT2D eigenvalue weighted by atomic mass is 10.1. The van der Waals surface area contributed by atoms with Gasteiger partial charge in [0.25, 0.3) is 0 Å². The summed E-state index contributed by atoms with van der Waals surface area (Å²) in [6.07, 6.45) is 7.94. The summed E-state index contributed by atoms with van der Waals surface area (Å²) in [6.45, 7) is 3.07. The molecular formula is C11H20N2S. The van der Waals surface area contributed by atoms with Gasteiger partial charge in [-0.05, 0) is 23.8 Å². The molecule has 0 unspecified atom stereocenters. The van der Waals surface area contributed by atoms with Crippen LogP contribution in [0.3, 0.4) is 0 Å². The minimum Gasteiger partial charge on any atom is -0.378 e. The highest BCUT2D eigenvalue weighted by atomic mass is 32.2. The fourth-order valence-electron chi connectivity index (χ4n) is 1.49. The van der Waals surface area contributed by atoms with Crippen molar-refractivity contribution >= 4 is 16.9 Å². The predicted octanol–water partition coefficient (Wildman–Crippen LogP) is 3.29. The maximum atomic E-state index is 5.56. The Morgan fingerprint density at radius 3 is 2.79 bits per heavy atom. The Hall–Kier alpha value is -0.440. The highest BCUT2D eigenvalue weighted by Crippen LogP contribution is 2.19. The molecule has 1 rings (SSSR count). The molecule has 1 aliphatic heterocycles. The molecule has 2 nitrogen and oxygen atoms in total. The molecular weight excluding hydrogens is 192 g/mol. The van der Waals surface area contributed by atoms with Gasteiger partial charge in [0, 0.05) is 0 Å². The Morgan fingerprint density at radius 1 is 1.36 bits per heavy atom. The number of thioether (sulfide) groups is 1. The Balaban J connectivity index is 2.02. The van der Waals surface area contributed by atoms with Gasteiger partial charge in [0.2, 0.25) is 0 Å². The van der Waals surface area contributed by atoms with Crippen molar-refractivity contribution in [3.63, 3.8) is 0 Å². The van der Waals surface area contributed by atoms with Crippen LogP contribution in [0.2, 0.25) is 0 Å². The largest absolute Gasteiger partial charge is 0.378 e. The van der Waals surface area contributed by atoms with Gasteiger partial charge < -0.3 is 5.73 Å². The maximum absolute atomic E-state index is 5.56. The minimum absolute atomic E-state index is 0.708. The molecule has 3 heteroatoms. The number of unbranched alkanes of at least 4 members (excludes halogenated alkanes) is 4. The average molecular weight is 212 g/mol. The zero-order valence-electron chi connectivity index (χ0n) is 8.96. The van der Waals surface area contributed by atoms with Crippen molar-refractivity contribution < 1.29 is 0 Å². The molecule has 2 N–H and O–H groups in total. The number of aliphatic imine (C=N–C) groups is 1. The summed E-state index contributed by atoms with van der Waals surface area (Å²) in [4.78, 5) is 4.22. The summed E-state index contributed by atoms with van der Waals surface area (Å²) in [6, 6.07) is 0. The summed E-state index contributed by atoms with van der Waals surface area (Å²) >= 11 is 1.56. The monoisotopic (exact) mass is 212 g/mol. The van der Waals surface area contributed by atoms with E-state index in [2.05, 4.69) is 17.3 Å². The zero-order chi connectivity index (χ0) is 10.2. The predicted molar refractivity (Wildman–Crippen MR) is 65.5 cm³/mol. The smallest absolute Gasteiger partial charge is 0.158 e. The lowest BCUT2D eigenvalue weighted by molar-refractivity contribution is 0.628. The molecule has 1 aliphatic rings. The number of nitrogens with zero attached hydrogens (tertiary/aromatic N) is 1. The van der Waals surface area contributed by atoms with Crippen molar-refractivity contribution in [3.8, 4) is 0 Å². The van der Waals surface area contributed by atoms with E-state index in [9.17, 15) is 0 Å². The second-order valence-corrected chi connectivity index (χ2v) is 4.60. The van der Waals surface area contributed by atoms with Crippen molar-refractivity contribution in [1.82, 2.24) is 0 Å². The van der Waals surface area contributed by atoms with Gasteiger partial charge in [0.05, 0.1) is 6.54 Å². The second-order valence-electron chi connectivity index (χ2n) is 3.71. The van der Waals surface area contributed by atoms with Crippen LogP contribution < -0.4 is 5.73 Å². The molecule has 0 atom stereocenters. The molecule has 1 heterocycles. The van der Waals surface area contributed by atoms with Gasteiger partial charge in [-0.3, -0.25) is 4.99 Å². The van der Waals surface area contributed by atoms with E-state index in [1.807, 2.05) is 0 Å². The van der Waals surface area contributed by atoms with Crippen LogP contribution in [-0.2, 0) is 0 Å². The van der Waals surface area contributed by atoms with Crippen molar-refractivity contribution in [2.75, 3.05) is 6.54 Å². The number of hydrogen-bond acceptors (Lipinski definition) is 3. The Labute approximate surface area is 91.1 Å². The molecule has 0 bridgehead atoms. The van der Waals surface area contributed by atoms with E-state index in [0.29, 0.717) is 5.17 Å². The third-order valence-electron chi connectivity index (χ3n) is 2.39. The maximum Gasteiger partial charge on any atom is 0.158 e. The summed E-state index contributed by atoms with van der Waals surface area (Å²) in [5.74, 6) is 0. The van der Waals surface area contributed by atoms with Crippen LogP contribution >= 0.6 is 11.8 Å². The summed E-state index contributed by atoms with van der Waals surface area (Å²) in [5.41, 5.74) is 7.00. The third kappa shape index (κ3) is 4.70. The summed E-state index contributed by atoms with van der Waals surface area (Å²) < 4.78 is 0. The number of hydrogen-bond donors (Lipinski definition) is 1. The number of amidine groups is 1. The van der Waals surface area contributed by atoms with E-state index < -0.39 is 0 Å². The molecule has 0 aromatic heterocycles. The fraction of sp³-hybridized carbons (Fsp3) is 0.727. The molecule has 0 amide bonds. The molecule has 0 aliphatic carbocycles. The van der Waals surface area contributed by atoms with Crippen molar-refractivity contribution in [2.24, 2.45) is 10.7 Å². The first-order valence-electron chi connectivity index (χ1n) is 5.47. The molecule has 0 aromatic rings. The SMILES string of the molecule is CCCCCCCC1=CSC(N)=NC1. The molecule has 0 spiro atoms. The van der Waals surface area contributed by atoms with Crippen molar-refractivity contribution in [1.29, 1.82) is 0 Å². The van der Waals surface area contributed by atoms with E-state index in [1.165, 1.54) is 44.1 Å². The van der Waals surface area contributed by atoms with Crippen molar-refractivity contribution in [3.05, 3.63) is 11.0 Å². The van der Waals surface area contributed by atoms with Crippen LogP contribution in [0.1, 0.15) is 45.4 Å².